The zero-order chi connectivity index (χ0) is 13.8. The second-order valence-electron chi connectivity index (χ2n) is 5.13. The minimum absolute atomic E-state index is 0.511. The smallest absolute Gasteiger partial charge is 0.131 e. The molecule has 2 aromatic rings. The van der Waals surface area contributed by atoms with E-state index in [-0.39, 0.29) is 0 Å². The van der Waals surface area contributed by atoms with Crippen LogP contribution in [0.25, 0.3) is 0 Å². The number of hydrogen-bond donors (Lipinski definition) is 1. The number of fused-ring (bicyclic) bond motifs is 1. The van der Waals surface area contributed by atoms with Crippen LogP contribution in [-0.4, -0.2) is 11.5 Å². The number of nitrogens with zero attached hydrogens (tertiary/aromatic N) is 1. The number of thiazole rings is 1. The van der Waals surface area contributed by atoms with Crippen molar-refractivity contribution in [3.05, 3.63) is 45.9 Å². The minimum Gasteiger partial charge on any atom is -0.487 e. The van der Waals surface area contributed by atoms with Gasteiger partial charge in [-0.05, 0) is 49.1 Å². The fourth-order valence-corrected chi connectivity index (χ4v) is 3.35. The number of nitrogens with one attached hydrogen (secondary N) is 1. The van der Waals surface area contributed by atoms with E-state index in [0.29, 0.717) is 12.6 Å². The summed E-state index contributed by atoms with van der Waals surface area (Å²) in [5, 5.41) is 5.59. The van der Waals surface area contributed by atoms with Crippen molar-refractivity contribution in [2.75, 3.05) is 6.54 Å². The first-order valence-electron chi connectivity index (χ1n) is 7.23. The molecular formula is C16H20N2OS. The molecule has 0 aliphatic heterocycles. The highest BCUT2D eigenvalue weighted by Gasteiger charge is 2.19. The molecule has 0 bridgehead atoms. The normalized spacial score (nSPS) is 17.8. The van der Waals surface area contributed by atoms with Crippen LogP contribution in [0.1, 0.15) is 42.6 Å². The second kappa shape index (κ2) is 6.37. The summed E-state index contributed by atoms with van der Waals surface area (Å²) in [6, 6.07) is 7.01. The van der Waals surface area contributed by atoms with E-state index in [1.807, 2.05) is 10.9 Å². The van der Waals surface area contributed by atoms with Crippen molar-refractivity contribution in [2.45, 2.75) is 38.8 Å². The van der Waals surface area contributed by atoms with E-state index in [1.165, 1.54) is 24.0 Å². The third-order valence-corrected chi connectivity index (χ3v) is 4.38. The van der Waals surface area contributed by atoms with Crippen molar-refractivity contribution in [1.29, 1.82) is 0 Å². The Balaban J connectivity index is 1.72. The molecule has 1 unspecified atom stereocenters. The third kappa shape index (κ3) is 3.02. The number of aryl methyl sites for hydroxylation is 1. The number of benzene rings is 1. The summed E-state index contributed by atoms with van der Waals surface area (Å²) in [4.78, 5) is 4.24. The molecule has 0 saturated carbocycles. The lowest BCUT2D eigenvalue weighted by Crippen LogP contribution is -2.24. The second-order valence-corrected chi connectivity index (χ2v) is 5.85. The summed E-state index contributed by atoms with van der Waals surface area (Å²) in [5.74, 6) is 0.953. The van der Waals surface area contributed by atoms with Crippen LogP contribution in [-0.2, 0) is 13.0 Å². The Bertz CT molecular complexity index is 554. The molecule has 3 nitrogen and oxygen atoms in total. The predicted octanol–water partition coefficient (Wildman–Crippen LogP) is 3.71. The molecule has 106 valence electrons. The zero-order valence-electron chi connectivity index (χ0n) is 11.8. The van der Waals surface area contributed by atoms with Crippen molar-refractivity contribution in [2.24, 2.45) is 0 Å². The summed E-state index contributed by atoms with van der Waals surface area (Å²) < 4.78 is 5.84. The van der Waals surface area contributed by atoms with Crippen molar-refractivity contribution in [1.82, 2.24) is 10.3 Å². The van der Waals surface area contributed by atoms with Gasteiger partial charge in [0.1, 0.15) is 12.4 Å². The molecule has 3 rings (SSSR count). The van der Waals surface area contributed by atoms with Crippen LogP contribution < -0.4 is 10.1 Å². The molecule has 1 N–H and O–H groups in total. The number of hydrogen-bond acceptors (Lipinski definition) is 4. The summed E-state index contributed by atoms with van der Waals surface area (Å²) in [5.41, 5.74) is 5.71. The van der Waals surface area contributed by atoms with Crippen molar-refractivity contribution in [3.8, 4) is 5.75 Å². The first kappa shape index (κ1) is 13.6. The molecule has 0 spiro atoms. The average Bonchev–Trinajstić information content (AvgIpc) is 2.99. The fraction of sp³-hybridized carbons (Fsp3) is 0.438. The number of aromatic nitrogens is 1. The molecule has 1 aliphatic rings. The van der Waals surface area contributed by atoms with E-state index in [4.69, 9.17) is 4.74 Å². The Morgan fingerprint density at radius 3 is 3.20 bits per heavy atom. The first-order valence-corrected chi connectivity index (χ1v) is 8.17. The van der Waals surface area contributed by atoms with Crippen LogP contribution in [0.2, 0.25) is 0 Å². The van der Waals surface area contributed by atoms with Crippen LogP contribution >= 0.6 is 11.3 Å². The van der Waals surface area contributed by atoms with Crippen LogP contribution in [0.4, 0.5) is 0 Å². The molecular weight excluding hydrogens is 268 g/mol. The quantitative estimate of drug-likeness (QED) is 0.910. The third-order valence-electron chi connectivity index (χ3n) is 3.75. The summed E-state index contributed by atoms with van der Waals surface area (Å²) in [6.45, 7) is 3.74. The van der Waals surface area contributed by atoms with Gasteiger partial charge in [0.2, 0.25) is 0 Å². The van der Waals surface area contributed by atoms with Gasteiger partial charge in [-0.25, -0.2) is 4.98 Å². The standard InChI is InChI=1S/C16H20N2OS/c1-2-17-16-5-3-4-12-8-14(6-7-15(12)16)19-9-13-10-20-11-18-13/h6-8,10-11,16-17H,2-5,9H2,1H3. The van der Waals surface area contributed by atoms with Gasteiger partial charge in [-0.3, -0.25) is 0 Å². The molecule has 1 atom stereocenters. The summed E-state index contributed by atoms with van der Waals surface area (Å²) in [7, 11) is 0. The van der Waals surface area contributed by atoms with E-state index >= 15 is 0 Å². The first-order chi connectivity index (χ1) is 9.86. The van der Waals surface area contributed by atoms with Crippen molar-refractivity contribution in [3.63, 3.8) is 0 Å². The maximum absolute atomic E-state index is 5.84. The van der Waals surface area contributed by atoms with Gasteiger partial charge < -0.3 is 10.1 Å². The van der Waals surface area contributed by atoms with Gasteiger partial charge in [0, 0.05) is 11.4 Å². The monoisotopic (exact) mass is 288 g/mol. The Kier molecular flexibility index (Phi) is 4.33. The van der Waals surface area contributed by atoms with E-state index in [1.54, 1.807) is 11.3 Å². The Morgan fingerprint density at radius 1 is 1.45 bits per heavy atom. The highest BCUT2D eigenvalue weighted by atomic mass is 32.1. The van der Waals surface area contributed by atoms with E-state index in [2.05, 4.69) is 35.4 Å². The summed E-state index contributed by atoms with van der Waals surface area (Å²) in [6.07, 6.45) is 3.64. The van der Waals surface area contributed by atoms with Gasteiger partial charge in [-0.15, -0.1) is 11.3 Å². The Hall–Kier alpha value is -1.39. The Morgan fingerprint density at radius 2 is 2.40 bits per heavy atom. The minimum atomic E-state index is 0.511. The van der Waals surface area contributed by atoms with Crippen LogP contribution in [0.15, 0.2) is 29.1 Å². The molecule has 1 heterocycles. The van der Waals surface area contributed by atoms with Gasteiger partial charge in [-0.2, -0.15) is 0 Å². The van der Waals surface area contributed by atoms with Gasteiger partial charge in [0.25, 0.3) is 0 Å². The van der Waals surface area contributed by atoms with E-state index < -0.39 is 0 Å². The zero-order valence-corrected chi connectivity index (χ0v) is 12.6. The van der Waals surface area contributed by atoms with Gasteiger partial charge in [-0.1, -0.05) is 13.0 Å². The molecule has 1 aliphatic carbocycles. The highest BCUT2D eigenvalue weighted by molar-refractivity contribution is 7.07. The topological polar surface area (TPSA) is 34.1 Å². The van der Waals surface area contributed by atoms with Gasteiger partial charge in [0.05, 0.1) is 11.2 Å². The average molecular weight is 288 g/mol. The number of rotatable bonds is 5. The van der Waals surface area contributed by atoms with Crippen LogP contribution in [0.5, 0.6) is 5.75 Å². The number of ether oxygens (including phenoxy) is 1. The van der Waals surface area contributed by atoms with Crippen molar-refractivity contribution >= 4 is 11.3 Å². The Labute approximate surface area is 124 Å². The van der Waals surface area contributed by atoms with Gasteiger partial charge >= 0.3 is 0 Å². The fourth-order valence-electron chi connectivity index (χ4n) is 2.80. The predicted molar refractivity (Wildman–Crippen MR) is 82.2 cm³/mol. The van der Waals surface area contributed by atoms with E-state index in [0.717, 1.165) is 24.4 Å². The highest BCUT2D eigenvalue weighted by Crippen LogP contribution is 2.32. The van der Waals surface area contributed by atoms with Crippen LogP contribution in [0.3, 0.4) is 0 Å². The summed E-state index contributed by atoms with van der Waals surface area (Å²) >= 11 is 1.60. The molecule has 0 saturated heterocycles. The maximum atomic E-state index is 5.84. The maximum Gasteiger partial charge on any atom is 0.131 e. The van der Waals surface area contributed by atoms with Crippen LogP contribution in [0, 0.1) is 0 Å². The lowest BCUT2D eigenvalue weighted by Gasteiger charge is -2.26. The molecule has 1 aromatic heterocycles. The van der Waals surface area contributed by atoms with E-state index in [9.17, 15) is 0 Å². The molecule has 0 radical (unpaired) electrons. The van der Waals surface area contributed by atoms with Gasteiger partial charge in [0.15, 0.2) is 0 Å². The molecule has 0 fully saturated rings. The molecule has 4 heteroatoms. The molecule has 0 amide bonds. The SMILES string of the molecule is CCNC1CCCc2cc(OCc3cscn3)ccc21. The van der Waals surface area contributed by atoms with Crippen molar-refractivity contribution < 1.29 is 4.74 Å². The molecule has 1 aromatic carbocycles. The lowest BCUT2D eigenvalue weighted by molar-refractivity contribution is 0.301. The lowest BCUT2D eigenvalue weighted by atomic mass is 9.87. The molecule has 20 heavy (non-hydrogen) atoms. The largest absolute Gasteiger partial charge is 0.487 e.